The van der Waals surface area contributed by atoms with Crippen molar-refractivity contribution in [1.29, 1.82) is 5.26 Å². The SMILES string of the molecule is N#Cc1c(N)c(C(=O)c2cccc([N+](=O)[O-])c2)n2c1CCC2. The molecular weight excluding hydrogens is 284 g/mol. The number of rotatable bonds is 3. The quantitative estimate of drug-likeness (QED) is 0.528. The van der Waals surface area contributed by atoms with Crippen LogP contribution in [0, 0.1) is 21.4 Å². The van der Waals surface area contributed by atoms with Crippen molar-refractivity contribution in [3.63, 3.8) is 0 Å². The van der Waals surface area contributed by atoms with Crippen LogP contribution < -0.4 is 5.73 Å². The van der Waals surface area contributed by atoms with Crippen LogP contribution in [-0.2, 0) is 13.0 Å². The summed E-state index contributed by atoms with van der Waals surface area (Å²) in [7, 11) is 0. The Bertz CT molecular complexity index is 845. The third-order valence-electron chi connectivity index (χ3n) is 3.85. The van der Waals surface area contributed by atoms with E-state index in [9.17, 15) is 20.2 Å². The van der Waals surface area contributed by atoms with Gasteiger partial charge in [0.1, 0.15) is 11.8 Å². The van der Waals surface area contributed by atoms with Gasteiger partial charge in [-0.25, -0.2) is 0 Å². The second-order valence-corrected chi connectivity index (χ2v) is 5.09. The summed E-state index contributed by atoms with van der Waals surface area (Å²) >= 11 is 0. The molecule has 1 aliphatic rings. The van der Waals surface area contributed by atoms with Gasteiger partial charge in [0, 0.05) is 29.9 Å². The van der Waals surface area contributed by atoms with Crippen molar-refractivity contribution in [3.05, 3.63) is 56.9 Å². The lowest BCUT2D eigenvalue weighted by molar-refractivity contribution is -0.384. The average molecular weight is 296 g/mol. The first-order valence-corrected chi connectivity index (χ1v) is 6.74. The van der Waals surface area contributed by atoms with Gasteiger partial charge in [0.2, 0.25) is 5.78 Å². The Morgan fingerprint density at radius 3 is 2.91 bits per heavy atom. The molecule has 7 nitrogen and oxygen atoms in total. The maximum atomic E-state index is 12.7. The number of fused-ring (bicyclic) bond motifs is 1. The molecule has 110 valence electrons. The number of carbonyl (C=O) groups excluding carboxylic acids is 1. The van der Waals surface area contributed by atoms with Crippen LogP contribution in [0.1, 0.15) is 33.7 Å². The molecule has 1 aliphatic heterocycles. The van der Waals surface area contributed by atoms with Crippen LogP contribution in [0.3, 0.4) is 0 Å². The van der Waals surface area contributed by atoms with E-state index in [4.69, 9.17) is 5.73 Å². The van der Waals surface area contributed by atoms with Gasteiger partial charge in [-0.2, -0.15) is 5.26 Å². The number of non-ortho nitro benzene ring substituents is 1. The lowest BCUT2D eigenvalue weighted by Gasteiger charge is -2.06. The number of aromatic nitrogens is 1. The van der Waals surface area contributed by atoms with E-state index in [2.05, 4.69) is 0 Å². The molecule has 0 saturated carbocycles. The molecule has 0 saturated heterocycles. The zero-order chi connectivity index (χ0) is 15.9. The van der Waals surface area contributed by atoms with E-state index in [1.807, 2.05) is 6.07 Å². The predicted octanol–water partition coefficient (Wildman–Crippen LogP) is 2.03. The summed E-state index contributed by atoms with van der Waals surface area (Å²) in [6, 6.07) is 7.56. The number of nitro benzene ring substituents is 1. The highest BCUT2D eigenvalue weighted by Gasteiger charge is 2.29. The van der Waals surface area contributed by atoms with Crippen LogP contribution in [0.15, 0.2) is 24.3 Å². The van der Waals surface area contributed by atoms with E-state index < -0.39 is 10.7 Å². The third-order valence-corrected chi connectivity index (χ3v) is 3.85. The van der Waals surface area contributed by atoms with Crippen LogP contribution >= 0.6 is 0 Å². The Labute approximate surface area is 125 Å². The van der Waals surface area contributed by atoms with Gasteiger partial charge in [-0.3, -0.25) is 14.9 Å². The van der Waals surface area contributed by atoms with Gasteiger partial charge >= 0.3 is 0 Å². The molecule has 0 fully saturated rings. The molecule has 1 aromatic heterocycles. The van der Waals surface area contributed by atoms with Crippen LogP contribution in [0.4, 0.5) is 11.4 Å². The zero-order valence-electron chi connectivity index (χ0n) is 11.6. The number of anilines is 1. The number of nitrogens with two attached hydrogens (primary N) is 1. The van der Waals surface area contributed by atoms with Crippen LogP contribution in [0.5, 0.6) is 0 Å². The van der Waals surface area contributed by atoms with E-state index in [1.165, 1.54) is 24.3 Å². The molecule has 3 rings (SSSR count). The summed E-state index contributed by atoms with van der Waals surface area (Å²) in [6.07, 6.45) is 1.55. The molecule has 22 heavy (non-hydrogen) atoms. The number of nitriles is 1. The molecule has 2 aromatic rings. The Kier molecular flexibility index (Phi) is 3.14. The van der Waals surface area contributed by atoms with E-state index in [0.29, 0.717) is 18.5 Å². The number of nitrogen functional groups attached to an aromatic ring is 1. The van der Waals surface area contributed by atoms with Crippen LogP contribution in [0.2, 0.25) is 0 Å². The normalized spacial score (nSPS) is 12.7. The van der Waals surface area contributed by atoms with E-state index in [0.717, 1.165) is 12.1 Å². The fraction of sp³-hybridized carbons (Fsp3) is 0.200. The molecule has 1 aromatic carbocycles. The first-order valence-electron chi connectivity index (χ1n) is 6.74. The molecule has 0 unspecified atom stereocenters. The van der Waals surface area contributed by atoms with Crippen molar-refractivity contribution in [3.8, 4) is 6.07 Å². The van der Waals surface area contributed by atoms with Crippen molar-refractivity contribution in [2.45, 2.75) is 19.4 Å². The number of ketones is 1. The van der Waals surface area contributed by atoms with Gasteiger partial charge in [0.15, 0.2) is 0 Å². The number of carbonyl (C=O) groups is 1. The molecule has 0 atom stereocenters. The zero-order valence-corrected chi connectivity index (χ0v) is 11.6. The summed E-state index contributed by atoms with van der Waals surface area (Å²) in [6.45, 7) is 0.622. The molecule has 0 amide bonds. The molecule has 0 spiro atoms. The summed E-state index contributed by atoms with van der Waals surface area (Å²) in [5.74, 6) is -0.397. The van der Waals surface area contributed by atoms with E-state index in [-0.39, 0.29) is 22.6 Å². The molecule has 7 heteroatoms. The maximum Gasteiger partial charge on any atom is 0.270 e. The first kappa shape index (κ1) is 13.8. The van der Waals surface area contributed by atoms with E-state index in [1.54, 1.807) is 4.57 Å². The topological polar surface area (TPSA) is 115 Å². The fourth-order valence-electron chi connectivity index (χ4n) is 2.87. The van der Waals surface area contributed by atoms with Crippen molar-refractivity contribution < 1.29 is 9.72 Å². The predicted molar refractivity (Wildman–Crippen MR) is 78.4 cm³/mol. The summed E-state index contributed by atoms with van der Waals surface area (Å²) in [5, 5.41) is 20.1. The third kappa shape index (κ3) is 1.93. The van der Waals surface area contributed by atoms with Crippen molar-refractivity contribution in [2.24, 2.45) is 0 Å². The van der Waals surface area contributed by atoms with Crippen LogP contribution in [-0.4, -0.2) is 15.3 Å². The Hall–Kier alpha value is -3.14. The number of hydrogen-bond donors (Lipinski definition) is 1. The summed E-state index contributed by atoms with van der Waals surface area (Å²) in [5.41, 5.74) is 7.53. The minimum Gasteiger partial charge on any atom is -0.396 e. The molecule has 2 heterocycles. The number of hydrogen-bond acceptors (Lipinski definition) is 5. The second-order valence-electron chi connectivity index (χ2n) is 5.09. The largest absolute Gasteiger partial charge is 0.396 e. The van der Waals surface area contributed by atoms with E-state index >= 15 is 0 Å². The molecular formula is C15H12N4O3. The molecule has 0 radical (unpaired) electrons. The van der Waals surface area contributed by atoms with Gasteiger partial charge in [-0.05, 0) is 12.8 Å². The molecule has 2 N–H and O–H groups in total. The number of benzene rings is 1. The standard InChI is InChI=1S/C15H12N4O3/c16-8-11-12-5-2-6-18(12)14(13(11)17)15(20)9-3-1-4-10(7-9)19(21)22/h1,3-4,7H,2,5-6,17H2. The fourth-order valence-corrected chi connectivity index (χ4v) is 2.87. The monoisotopic (exact) mass is 296 g/mol. The summed E-state index contributed by atoms with van der Waals surface area (Å²) in [4.78, 5) is 23.0. The van der Waals surface area contributed by atoms with Crippen molar-refractivity contribution in [1.82, 2.24) is 4.57 Å². The lowest BCUT2D eigenvalue weighted by atomic mass is 10.1. The Balaban J connectivity index is 2.13. The van der Waals surface area contributed by atoms with Gasteiger partial charge in [-0.15, -0.1) is 0 Å². The number of nitro groups is 1. The van der Waals surface area contributed by atoms with Gasteiger partial charge in [-0.1, -0.05) is 12.1 Å². The Morgan fingerprint density at radius 2 is 2.23 bits per heavy atom. The lowest BCUT2D eigenvalue weighted by Crippen LogP contribution is -2.11. The number of nitrogens with zero attached hydrogens (tertiary/aromatic N) is 3. The van der Waals surface area contributed by atoms with Crippen LogP contribution in [0.25, 0.3) is 0 Å². The molecule has 0 bridgehead atoms. The molecule has 0 aliphatic carbocycles. The van der Waals surface area contributed by atoms with Gasteiger partial charge in [0.25, 0.3) is 5.69 Å². The highest BCUT2D eigenvalue weighted by molar-refractivity contribution is 6.12. The highest BCUT2D eigenvalue weighted by atomic mass is 16.6. The summed E-state index contributed by atoms with van der Waals surface area (Å²) < 4.78 is 1.76. The maximum absolute atomic E-state index is 12.7. The highest BCUT2D eigenvalue weighted by Crippen LogP contribution is 2.32. The van der Waals surface area contributed by atoms with Crippen molar-refractivity contribution in [2.75, 3.05) is 5.73 Å². The van der Waals surface area contributed by atoms with Crippen molar-refractivity contribution >= 4 is 17.2 Å². The minimum absolute atomic E-state index is 0.155. The van der Waals surface area contributed by atoms with Gasteiger partial charge in [0.05, 0.1) is 16.2 Å². The van der Waals surface area contributed by atoms with Gasteiger partial charge < -0.3 is 10.3 Å². The average Bonchev–Trinajstić information content (AvgIpc) is 3.06. The smallest absolute Gasteiger partial charge is 0.270 e. The first-order chi connectivity index (χ1) is 10.5. The Morgan fingerprint density at radius 1 is 1.45 bits per heavy atom. The second kappa shape index (κ2) is 5.00. The minimum atomic E-state index is -0.552.